The van der Waals surface area contributed by atoms with Crippen LogP contribution in [-0.2, 0) is 0 Å². The summed E-state index contributed by atoms with van der Waals surface area (Å²) in [4.78, 5) is 6.62. The summed E-state index contributed by atoms with van der Waals surface area (Å²) < 4.78 is 26.3. The molecule has 0 unspecified atom stereocenters. The molecule has 5 heteroatoms. The molecule has 2 rings (SSSR count). The van der Waals surface area contributed by atoms with Crippen LogP contribution in [0.25, 0.3) is 10.9 Å². The Balaban J connectivity index is 3.02. The molecular formula is C9H6F2N2S. The Labute approximate surface area is 83.6 Å². The van der Waals surface area contributed by atoms with Gasteiger partial charge in [0.2, 0.25) is 0 Å². The maximum Gasteiger partial charge on any atom is 0.150 e. The van der Waals surface area contributed by atoms with Crippen molar-refractivity contribution in [3.8, 4) is 0 Å². The van der Waals surface area contributed by atoms with Crippen LogP contribution in [0.15, 0.2) is 12.1 Å². The van der Waals surface area contributed by atoms with Crippen LogP contribution in [-0.4, -0.2) is 9.97 Å². The zero-order valence-electron chi connectivity index (χ0n) is 7.27. The van der Waals surface area contributed by atoms with Crippen molar-refractivity contribution >= 4 is 23.1 Å². The molecule has 0 aliphatic rings. The molecule has 0 aliphatic carbocycles. The highest BCUT2D eigenvalue weighted by Gasteiger charge is 2.06. The van der Waals surface area contributed by atoms with E-state index < -0.39 is 11.6 Å². The van der Waals surface area contributed by atoms with Gasteiger partial charge in [-0.1, -0.05) is 12.2 Å². The molecule has 0 saturated carbocycles. The highest BCUT2D eigenvalue weighted by atomic mass is 32.1. The minimum atomic E-state index is -0.656. The van der Waals surface area contributed by atoms with Crippen molar-refractivity contribution < 1.29 is 8.78 Å². The maximum atomic E-state index is 13.3. The number of hydrogen-bond acceptors (Lipinski definition) is 2. The topological polar surface area (TPSA) is 28.7 Å². The highest BCUT2D eigenvalue weighted by molar-refractivity contribution is 7.71. The summed E-state index contributed by atoms with van der Waals surface area (Å²) in [6, 6.07) is 1.98. The predicted octanol–water partition coefficient (Wildman–Crippen LogP) is 2.88. The lowest BCUT2D eigenvalue weighted by Gasteiger charge is -2.01. The standard InChI is InChI=1S/C9H6F2N2S/c1-4-12-8-6(9(14)13-4)2-5(10)3-7(8)11/h2-3H,1H3,(H,12,13,14). The van der Waals surface area contributed by atoms with Crippen molar-refractivity contribution in [3.63, 3.8) is 0 Å². The molecule has 0 bridgehead atoms. The number of benzene rings is 1. The van der Waals surface area contributed by atoms with Crippen LogP contribution in [0, 0.1) is 23.2 Å². The van der Waals surface area contributed by atoms with E-state index >= 15 is 0 Å². The van der Waals surface area contributed by atoms with E-state index in [0.29, 0.717) is 11.2 Å². The fourth-order valence-electron chi connectivity index (χ4n) is 1.29. The summed E-state index contributed by atoms with van der Waals surface area (Å²) in [5, 5.41) is 0.295. The molecule has 0 atom stereocenters. The van der Waals surface area contributed by atoms with Crippen molar-refractivity contribution in [1.82, 2.24) is 9.97 Å². The van der Waals surface area contributed by atoms with E-state index in [2.05, 4.69) is 9.97 Å². The molecule has 0 aliphatic heterocycles. The van der Waals surface area contributed by atoms with Gasteiger partial charge in [-0.05, 0) is 13.0 Å². The average Bonchev–Trinajstić information content (AvgIpc) is 2.07. The Kier molecular flexibility index (Phi) is 2.03. The molecule has 1 aromatic heterocycles. The van der Waals surface area contributed by atoms with Gasteiger partial charge in [0, 0.05) is 11.5 Å². The lowest BCUT2D eigenvalue weighted by atomic mass is 10.2. The Morgan fingerprint density at radius 2 is 2.07 bits per heavy atom. The van der Waals surface area contributed by atoms with Gasteiger partial charge in [0.15, 0.2) is 0 Å². The monoisotopic (exact) mass is 212 g/mol. The molecule has 72 valence electrons. The zero-order chi connectivity index (χ0) is 10.3. The van der Waals surface area contributed by atoms with E-state index in [0.717, 1.165) is 6.07 Å². The summed E-state index contributed by atoms with van der Waals surface area (Å²) in [5.74, 6) is -0.801. The van der Waals surface area contributed by atoms with Crippen LogP contribution in [0.5, 0.6) is 0 Å². The fraction of sp³-hybridized carbons (Fsp3) is 0.111. The normalized spacial score (nSPS) is 10.8. The van der Waals surface area contributed by atoms with Gasteiger partial charge in [-0.25, -0.2) is 13.8 Å². The molecule has 2 nitrogen and oxygen atoms in total. The van der Waals surface area contributed by atoms with E-state index in [1.165, 1.54) is 6.07 Å². The SMILES string of the molecule is Cc1nc(=S)c2cc(F)cc(F)c2[nH]1. The first-order valence-corrected chi connectivity index (χ1v) is 4.34. The van der Waals surface area contributed by atoms with Gasteiger partial charge in [0.1, 0.15) is 22.1 Å². The summed E-state index contributed by atoms with van der Waals surface area (Å²) in [7, 11) is 0. The van der Waals surface area contributed by atoms with Gasteiger partial charge in [0.05, 0.1) is 5.52 Å². The van der Waals surface area contributed by atoms with E-state index in [4.69, 9.17) is 12.2 Å². The molecule has 1 heterocycles. The number of rotatable bonds is 0. The van der Waals surface area contributed by atoms with Gasteiger partial charge in [0.25, 0.3) is 0 Å². The molecular weight excluding hydrogens is 206 g/mol. The number of aryl methyl sites for hydroxylation is 1. The zero-order valence-corrected chi connectivity index (χ0v) is 8.08. The first-order valence-electron chi connectivity index (χ1n) is 3.93. The van der Waals surface area contributed by atoms with Gasteiger partial charge >= 0.3 is 0 Å². The van der Waals surface area contributed by atoms with E-state index in [9.17, 15) is 8.78 Å². The van der Waals surface area contributed by atoms with Crippen LogP contribution in [0.3, 0.4) is 0 Å². The molecule has 2 aromatic rings. The molecule has 1 N–H and O–H groups in total. The van der Waals surface area contributed by atoms with Crippen LogP contribution in [0.2, 0.25) is 0 Å². The molecule has 0 spiro atoms. The third-order valence-corrected chi connectivity index (χ3v) is 2.17. The third kappa shape index (κ3) is 1.39. The fourth-order valence-corrected chi connectivity index (χ4v) is 1.59. The van der Waals surface area contributed by atoms with E-state index in [1.807, 2.05) is 0 Å². The summed E-state index contributed by atoms with van der Waals surface area (Å²) in [6.07, 6.45) is 0. The van der Waals surface area contributed by atoms with E-state index in [1.54, 1.807) is 6.92 Å². The first-order chi connectivity index (χ1) is 6.58. The van der Waals surface area contributed by atoms with Crippen LogP contribution < -0.4 is 0 Å². The quantitative estimate of drug-likeness (QED) is 0.680. The summed E-state index contributed by atoms with van der Waals surface area (Å²) in [5.41, 5.74) is 0.198. The van der Waals surface area contributed by atoms with Crippen molar-refractivity contribution in [2.75, 3.05) is 0 Å². The van der Waals surface area contributed by atoms with Crippen LogP contribution in [0.4, 0.5) is 8.78 Å². The van der Waals surface area contributed by atoms with Crippen molar-refractivity contribution in [3.05, 3.63) is 34.2 Å². The largest absolute Gasteiger partial charge is 0.341 e. The lowest BCUT2D eigenvalue weighted by molar-refractivity contribution is 0.590. The lowest BCUT2D eigenvalue weighted by Crippen LogP contribution is -1.93. The number of nitrogens with zero attached hydrogens (tertiary/aromatic N) is 1. The second-order valence-electron chi connectivity index (χ2n) is 2.94. The number of halogens is 2. The van der Waals surface area contributed by atoms with Gasteiger partial charge in [-0.2, -0.15) is 0 Å². The molecule has 1 aromatic carbocycles. The summed E-state index contributed by atoms with van der Waals surface area (Å²) in [6.45, 7) is 1.66. The number of nitrogens with one attached hydrogen (secondary N) is 1. The van der Waals surface area contributed by atoms with Crippen molar-refractivity contribution in [2.45, 2.75) is 6.92 Å². The van der Waals surface area contributed by atoms with Crippen LogP contribution in [0.1, 0.15) is 5.82 Å². The van der Waals surface area contributed by atoms with E-state index in [-0.39, 0.29) is 10.2 Å². The van der Waals surface area contributed by atoms with Gasteiger partial charge in [-0.3, -0.25) is 0 Å². The summed E-state index contributed by atoms with van der Waals surface area (Å²) >= 11 is 4.90. The number of fused-ring (bicyclic) bond motifs is 1. The minimum absolute atomic E-state index is 0.198. The molecule has 14 heavy (non-hydrogen) atoms. The van der Waals surface area contributed by atoms with Crippen molar-refractivity contribution in [1.29, 1.82) is 0 Å². The van der Waals surface area contributed by atoms with Crippen molar-refractivity contribution in [2.24, 2.45) is 0 Å². The highest BCUT2D eigenvalue weighted by Crippen LogP contribution is 2.17. The Morgan fingerprint density at radius 3 is 2.79 bits per heavy atom. The first kappa shape index (κ1) is 9.21. The number of aromatic amines is 1. The van der Waals surface area contributed by atoms with Crippen LogP contribution >= 0.6 is 12.2 Å². The van der Waals surface area contributed by atoms with Gasteiger partial charge in [-0.15, -0.1) is 0 Å². The number of H-pyrrole nitrogens is 1. The maximum absolute atomic E-state index is 13.3. The Bertz CT molecular complexity index is 562. The predicted molar refractivity (Wildman–Crippen MR) is 51.6 cm³/mol. The Hall–Kier alpha value is -1.36. The molecule has 0 fully saturated rings. The molecule has 0 amide bonds. The number of aromatic nitrogens is 2. The minimum Gasteiger partial charge on any atom is -0.341 e. The Morgan fingerprint density at radius 1 is 1.36 bits per heavy atom. The van der Waals surface area contributed by atoms with Gasteiger partial charge < -0.3 is 4.98 Å². The molecule has 0 radical (unpaired) electrons. The average molecular weight is 212 g/mol. The second-order valence-corrected chi connectivity index (χ2v) is 3.32. The third-order valence-electron chi connectivity index (χ3n) is 1.86. The smallest absolute Gasteiger partial charge is 0.150 e. The number of hydrogen-bond donors (Lipinski definition) is 1. The second kappa shape index (κ2) is 3.09. The molecule has 0 saturated heterocycles.